The average Bonchev–Trinajstić information content (AvgIpc) is 2.40. The van der Waals surface area contributed by atoms with Gasteiger partial charge in [-0.25, -0.2) is 0 Å². The minimum absolute atomic E-state index is 0.153. The number of hydroxylamine groups is 2. The molecule has 1 aliphatic rings. The molecule has 8 heteroatoms. The fourth-order valence-corrected chi connectivity index (χ4v) is 2.50. The summed E-state index contributed by atoms with van der Waals surface area (Å²) in [4.78, 5) is 24.3. The van der Waals surface area contributed by atoms with Crippen molar-refractivity contribution in [2.24, 2.45) is 0 Å². The molecule has 0 spiro atoms. The number of imide groups is 1. The molecule has 0 aromatic heterocycles. The topological polar surface area (TPSA) is 83.9 Å². The number of hydrogen-bond acceptors (Lipinski definition) is 4. The van der Waals surface area contributed by atoms with Crippen molar-refractivity contribution < 1.29 is 22.6 Å². The lowest BCUT2D eigenvalue weighted by molar-refractivity contribution is -0.0163. The summed E-state index contributed by atoms with van der Waals surface area (Å²) in [6, 6.07) is 7.90. The monoisotopic (exact) mass is 287 g/mol. The highest BCUT2D eigenvalue weighted by atomic mass is 32.2. The van der Waals surface area contributed by atoms with Crippen LogP contribution in [0.5, 0.6) is 0 Å². The molecular weight excluding hydrogens is 281 g/mol. The van der Waals surface area contributed by atoms with Crippen molar-refractivity contribution in [2.45, 2.75) is 0 Å². The summed E-state index contributed by atoms with van der Waals surface area (Å²) >= 11 is -2.78. The van der Waals surface area contributed by atoms with Gasteiger partial charge in [0.15, 0.2) is 0 Å². The second kappa shape index (κ2) is 4.52. The number of carbonyl (C=O) groups is 2. The number of benzene rings is 2. The van der Waals surface area contributed by atoms with Gasteiger partial charge >= 0.3 is 11.4 Å². The van der Waals surface area contributed by atoms with Gasteiger partial charge in [0, 0.05) is 5.39 Å². The first kappa shape index (κ1) is 13.0. The van der Waals surface area contributed by atoms with Gasteiger partial charge in [0.25, 0.3) is 11.8 Å². The van der Waals surface area contributed by atoms with Crippen LogP contribution < -0.4 is 5.46 Å². The van der Waals surface area contributed by atoms with E-state index in [9.17, 15) is 13.8 Å². The number of hydrogen-bond donors (Lipinski definition) is 1. The first-order valence-electron chi connectivity index (χ1n) is 5.49. The average molecular weight is 287 g/mol. The van der Waals surface area contributed by atoms with E-state index >= 15 is 0 Å². The molecule has 1 atom stereocenters. The maximum absolute atomic E-state index is 12.2. The molecule has 0 bridgehead atoms. The van der Waals surface area contributed by atoms with Crippen LogP contribution in [0.25, 0.3) is 10.8 Å². The molecule has 1 N–H and O–H groups in total. The first-order valence-corrected chi connectivity index (χ1v) is 6.52. The smallest absolute Gasteiger partial charge is 0.282 e. The van der Waals surface area contributed by atoms with Crippen molar-refractivity contribution in [3.8, 4) is 0 Å². The molecular formula is C12H6BNO5S. The second-order valence-electron chi connectivity index (χ2n) is 4.17. The van der Waals surface area contributed by atoms with Crippen LogP contribution in [0, 0.1) is 0 Å². The normalized spacial score (nSPS) is 15.8. The van der Waals surface area contributed by atoms with Crippen molar-refractivity contribution in [1.82, 2.24) is 5.06 Å². The van der Waals surface area contributed by atoms with Crippen LogP contribution in [0.3, 0.4) is 0 Å². The second-order valence-corrected chi connectivity index (χ2v) is 4.75. The summed E-state index contributed by atoms with van der Waals surface area (Å²) in [6.07, 6.45) is 0. The molecule has 0 saturated heterocycles. The quantitative estimate of drug-likeness (QED) is 0.488. The Kier molecular flexibility index (Phi) is 2.93. The van der Waals surface area contributed by atoms with Gasteiger partial charge in [-0.1, -0.05) is 29.7 Å². The van der Waals surface area contributed by atoms with E-state index in [1.165, 1.54) is 12.1 Å². The lowest BCUT2D eigenvalue weighted by Crippen LogP contribution is -2.41. The van der Waals surface area contributed by atoms with Gasteiger partial charge in [-0.15, -0.1) is 9.35 Å². The van der Waals surface area contributed by atoms with Gasteiger partial charge in [0.05, 0.1) is 11.1 Å². The molecule has 2 aromatic carbocycles. The van der Waals surface area contributed by atoms with E-state index in [-0.39, 0.29) is 16.2 Å². The molecule has 0 aliphatic carbocycles. The third kappa shape index (κ3) is 1.85. The predicted molar refractivity (Wildman–Crippen MR) is 71.7 cm³/mol. The van der Waals surface area contributed by atoms with Gasteiger partial charge in [0.2, 0.25) is 0 Å². The van der Waals surface area contributed by atoms with E-state index < -0.39 is 23.2 Å². The molecule has 1 unspecified atom stereocenters. The Labute approximate surface area is 117 Å². The van der Waals surface area contributed by atoms with E-state index in [1.54, 1.807) is 18.2 Å². The summed E-state index contributed by atoms with van der Waals surface area (Å²) in [7, 11) is 5.71. The molecule has 20 heavy (non-hydrogen) atoms. The SMILES string of the molecule is [B]c1cc2c3c(cccc3c1)C(=O)N(OS(=O)O)C2=O. The van der Waals surface area contributed by atoms with Gasteiger partial charge in [-0.3, -0.25) is 14.1 Å². The van der Waals surface area contributed by atoms with E-state index in [2.05, 4.69) is 4.28 Å². The van der Waals surface area contributed by atoms with Gasteiger partial charge in [-0.05, 0) is 11.5 Å². The van der Waals surface area contributed by atoms with E-state index in [0.29, 0.717) is 16.2 Å². The number of carbonyl (C=O) groups excluding carboxylic acids is 2. The zero-order valence-electron chi connectivity index (χ0n) is 9.90. The van der Waals surface area contributed by atoms with E-state index in [0.717, 1.165) is 0 Å². The fraction of sp³-hybridized carbons (Fsp3) is 0. The van der Waals surface area contributed by atoms with E-state index in [4.69, 9.17) is 12.4 Å². The molecule has 6 nitrogen and oxygen atoms in total. The van der Waals surface area contributed by atoms with Crippen LogP contribution in [0.2, 0.25) is 0 Å². The summed E-state index contributed by atoms with van der Waals surface area (Å²) in [5.74, 6) is -1.62. The van der Waals surface area contributed by atoms with Crippen molar-refractivity contribution in [1.29, 1.82) is 0 Å². The van der Waals surface area contributed by atoms with E-state index in [1.807, 2.05) is 0 Å². The molecule has 2 aromatic rings. The highest BCUT2D eigenvalue weighted by molar-refractivity contribution is 7.74. The zero-order valence-corrected chi connectivity index (χ0v) is 10.7. The maximum Gasteiger partial charge on any atom is 0.325 e. The maximum atomic E-state index is 12.2. The standard InChI is InChI=1S/C12H6BNO5S/c13-7-4-6-2-1-3-8-10(6)9(5-7)12(16)14(11(8)15)19-20(17)18/h1-5H,(H,17,18). The molecule has 2 radical (unpaired) electrons. The third-order valence-corrected chi connectivity index (χ3v) is 3.24. The fourth-order valence-electron chi connectivity index (χ4n) is 2.24. The number of rotatable bonds is 2. The molecule has 3 rings (SSSR count). The highest BCUT2D eigenvalue weighted by Gasteiger charge is 2.35. The van der Waals surface area contributed by atoms with Crippen LogP contribution in [0.15, 0.2) is 30.3 Å². The predicted octanol–water partition coefficient (Wildman–Crippen LogP) is 0.298. The van der Waals surface area contributed by atoms with Gasteiger partial charge < -0.3 is 0 Å². The molecule has 0 fully saturated rings. The van der Waals surface area contributed by atoms with Crippen LogP contribution in [-0.2, 0) is 15.6 Å². The van der Waals surface area contributed by atoms with Crippen LogP contribution in [0.4, 0.5) is 0 Å². The van der Waals surface area contributed by atoms with Crippen LogP contribution >= 0.6 is 0 Å². The van der Waals surface area contributed by atoms with Gasteiger partial charge in [0.1, 0.15) is 7.85 Å². The highest BCUT2D eigenvalue weighted by Crippen LogP contribution is 2.29. The Morgan fingerprint density at radius 3 is 2.55 bits per heavy atom. The summed E-state index contributed by atoms with van der Waals surface area (Å²) in [6.45, 7) is 0. The Balaban J connectivity index is 2.31. The molecule has 1 aliphatic heterocycles. The number of amides is 2. The number of nitrogens with zero attached hydrogens (tertiary/aromatic N) is 1. The molecule has 98 valence electrons. The lowest BCUT2D eigenvalue weighted by atomic mass is 9.87. The summed E-state index contributed by atoms with van der Waals surface area (Å²) in [5.41, 5.74) is 0.709. The Morgan fingerprint density at radius 1 is 1.15 bits per heavy atom. The van der Waals surface area contributed by atoms with Crippen LogP contribution in [0.1, 0.15) is 20.7 Å². The molecule has 0 saturated carbocycles. The van der Waals surface area contributed by atoms with Crippen molar-refractivity contribution in [3.63, 3.8) is 0 Å². The minimum Gasteiger partial charge on any atom is -0.282 e. The lowest BCUT2D eigenvalue weighted by Gasteiger charge is -2.24. The Morgan fingerprint density at radius 2 is 1.85 bits per heavy atom. The Bertz CT molecular complexity index is 791. The van der Waals surface area contributed by atoms with Gasteiger partial charge in [-0.2, -0.15) is 4.21 Å². The third-order valence-electron chi connectivity index (χ3n) is 2.97. The summed E-state index contributed by atoms with van der Waals surface area (Å²) < 4.78 is 23.8. The van der Waals surface area contributed by atoms with Crippen LogP contribution in [-0.4, -0.2) is 33.5 Å². The van der Waals surface area contributed by atoms with Crippen molar-refractivity contribution >= 4 is 47.3 Å². The largest absolute Gasteiger partial charge is 0.325 e. The van der Waals surface area contributed by atoms with Crippen molar-refractivity contribution in [2.75, 3.05) is 0 Å². The van der Waals surface area contributed by atoms with Crippen molar-refractivity contribution in [3.05, 3.63) is 41.5 Å². The Hall–Kier alpha value is -2.03. The zero-order chi connectivity index (χ0) is 14.4. The summed E-state index contributed by atoms with van der Waals surface area (Å²) in [5, 5.41) is 1.37. The molecule has 1 heterocycles. The first-order chi connectivity index (χ1) is 9.49. The minimum atomic E-state index is -2.78. The molecule has 2 amide bonds.